The number of morpholine rings is 1. The van der Waals surface area contributed by atoms with Crippen LogP contribution in [0, 0.1) is 6.92 Å². The number of fused-ring (bicyclic) bond motifs is 1. The fraction of sp³-hybridized carbons (Fsp3) is 0.250. The maximum atomic E-state index is 12.9. The SMILES string of the molecule is Cc1c(C(=O)Nc2cc(S(=O)(=O)N3CCOCC3)ccc2Cl)oc2ccccc12. The van der Waals surface area contributed by atoms with E-state index < -0.39 is 15.9 Å². The molecular formula is C20H19ClN2O5S. The van der Waals surface area contributed by atoms with Crippen molar-refractivity contribution in [2.24, 2.45) is 0 Å². The van der Waals surface area contributed by atoms with E-state index in [2.05, 4.69) is 5.32 Å². The van der Waals surface area contributed by atoms with E-state index >= 15 is 0 Å². The van der Waals surface area contributed by atoms with Crippen molar-refractivity contribution in [1.82, 2.24) is 4.31 Å². The molecule has 0 spiro atoms. The molecule has 1 aliphatic rings. The second-order valence-electron chi connectivity index (χ2n) is 6.66. The Morgan fingerprint density at radius 1 is 1.14 bits per heavy atom. The van der Waals surface area contributed by atoms with Gasteiger partial charge in [-0.25, -0.2) is 8.42 Å². The molecule has 7 nitrogen and oxygen atoms in total. The van der Waals surface area contributed by atoms with Crippen LogP contribution in [0.4, 0.5) is 5.69 Å². The lowest BCUT2D eigenvalue weighted by Gasteiger charge is -2.26. The van der Waals surface area contributed by atoms with Crippen molar-refractivity contribution >= 4 is 44.2 Å². The molecule has 0 unspecified atom stereocenters. The minimum atomic E-state index is -3.71. The Morgan fingerprint density at radius 3 is 2.59 bits per heavy atom. The van der Waals surface area contributed by atoms with Crippen LogP contribution in [0.25, 0.3) is 11.0 Å². The number of para-hydroxylation sites is 1. The third kappa shape index (κ3) is 3.76. The summed E-state index contributed by atoms with van der Waals surface area (Å²) < 4.78 is 38.0. The first-order chi connectivity index (χ1) is 13.9. The number of anilines is 1. The zero-order valence-corrected chi connectivity index (χ0v) is 17.2. The average Bonchev–Trinajstić information content (AvgIpc) is 3.07. The molecule has 2 aromatic carbocycles. The van der Waals surface area contributed by atoms with Gasteiger partial charge in [-0.2, -0.15) is 4.31 Å². The van der Waals surface area contributed by atoms with Crippen LogP contribution in [-0.2, 0) is 14.8 Å². The van der Waals surface area contributed by atoms with Crippen LogP contribution >= 0.6 is 11.6 Å². The van der Waals surface area contributed by atoms with Crippen LogP contribution in [0.5, 0.6) is 0 Å². The number of hydrogen-bond donors (Lipinski definition) is 1. The summed E-state index contributed by atoms with van der Waals surface area (Å²) in [4.78, 5) is 12.8. The number of nitrogens with one attached hydrogen (secondary N) is 1. The summed E-state index contributed by atoms with van der Waals surface area (Å²) in [6, 6.07) is 11.6. The van der Waals surface area contributed by atoms with Crippen molar-refractivity contribution in [3.05, 3.63) is 58.8 Å². The number of furan rings is 1. The smallest absolute Gasteiger partial charge is 0.291 e. The van der Waals surface area contributed by atoms with Gasteiger partial charge < -0.3 is 14.5 Å². The molecule has 1 aromatic heterocycles. The molecule has 9 heteroatoms. The first-order valence-electron chi connectivity index (χ1n) is 9.05. The number of carbonyl (C=O) groups excluding carboxylic acids is 1. The Morgan fingerprint density at radius 2 is 1.86 bits per heavy atom. The lowest BCUT2D eigenvalue weighted by Crippen LogP contribution is -2.40. The zero-order chi connectivity index (χ0) is 20.6. The lowest BCUT2D eigenvalue weighted by molar-refractivity contribution is 0.0730. The maximum Gasteiger partial charge on any atom is 0.291 e. The molecule has 1 fully saturated rings. The number of benzene rings is 2. The number of amides is 1. The van der Waals surface area contributed by atoms with Gasteiger partial charge in [0, 0.05) is 24.0 Å². The molecule has 1 saturated heterocycles. The number of carbonyl (C=O) groups is 1. The third-order valence-corrected chi connectivity index (χ3v) is 7.07. The summed E-state index contributed by atoms with van der Waals surface area (Å²) in [6.07, 6.45) is 0. The van der Waals surface area contributed by atoms with Gasteiger partial charge in [0.05, 0.1) is 28.8 Å². The lowest BCUT2D eigenvalue weighted by atomic mass is 10.1. The molecule has 0 bridgehead atoms. The molecule has 152 valence electrons. The summed E-state index contributed by atoms with van der Waals surface area (Å²) >= 11 is 6.21. The van der Waals surface area contributed by atoms with E-state index in [0.29, 0.717) is 24.4 Å². The van der Waals surface area contributed by atoms with Gasteiger partial charge in [0.1, 0.15) is 5.58 Å². The van der Waals surface area contributed by atoms with Crippen molar-refractivity contribution < 1.29 is 22.4 Å². The van der Waals surface area contributed by atoms with Crippen molar-refractivity contribution in [2.75, 3.05) is 31.6 Å². The number of nitrogens with zero attached hydrogens (tertiary/aromatic N) is 1. The summed E-state index contributed by atoms with van der Waals surface area (Å²) in [5, 5.41) is 3.74. The summed E-state index contributed by atoms with van der Waals surface area (Å²) in [7, 11) is -3.71. The van der Waals surface area contributed by atoms with Gasteiger partial charge in [-0.15, -0.1) is 0 Å². The summed E-state index contributed by atoms with van der Waals surface area (Å²) in [6.45, 7) is 3.06. The van der Waals surface area contributed by atoms with Gasteiger partial charge in [-0.1, -0.05) is 29.8 Å². The van der Waals surface area contributed by atoms with Crippen LogP contribution in [0.3, 0.4) is 0 Å². The first-order valence-corrected chi connectivity index (χ1v) is 10.9. The van der Waals surface area contributed by atoms with Gasteiger partial charge >= 0.3 is 0 Å². The van der Waals surface area contributed by atoms with Crippen LogP contribution in [0.1, 0.15) is 16.1 Å². The number of sulfonamides is 1. The molecule has 1 amide bonds. The van der Waals surface area contributed by atoms with E-state index in [4.69, 9.17) is 20.8 Å². The summed E-state index contributed by atoms with van der Waals surface area (Å²) in [5.41, 5.74) is 1.50. The maximum absolute atomic E-state index is 12.9. The highest BCUT2D eigenvalue weighted by Gasteiger charge is 2.27. The molecule has 1 aliphatic heterocycles. The zero-order valence-electron chi connectivity index (χ0n) is 15.6. The second-order valence-corrected chi connectivity index (χ2v) is 9.01. The molecule has 0 aliphatic carbocycles. The Hall–Kier alpha value is -2.39. The molecule has 3 aromatic rings. The number of aryl methyl sites for hydroxylation is 1. The topological polar surface area (TPSA) is 88.9 Å². The highest BCUT2D eigenvalue weighted by atomic mass is 35.5. The van der Waals surface area contributed by atoms with Gasteiger partial charge in [0.25, 0.3) is 5.91 Å². The standard InChI is InChI=1S/C20H19ClN2O5S/c1-13-15-4-2-3-5-18(15)28-19(13)20(24)22-17-12-14(6-7-16(17)21)29(25,26)23-8-10-27-11-9-23/h2-7,12H,8-11H2,1H3,(H,22,24). The molecule has 1 N–H and O–H groups in total. The fourth-order valence-corrected chi connectivity index (χ4v) is 4.87. The quantitative estimate of drug-likeness (QED) is 0.676. The molecule has 29 heavy (non-hydrogen) atoms. The number of rotatable bonds is 4. The van der Waals surface area contributed by atoms with E-state index in [0.717, 1.165) is 5.39 Å². The van der Waals surface area contributed by atoms with Gasteiger partial charge in [0.15, 0.2) is 5.76 Å². The number of ether oxygens (including phenoxy) is 1. The minimum Gasteiger partial charge on any atom is -0.451 e. The third-order valence-electron chi connectivity index (χ3n) is 4.84. The summed E-state index contributed by atoms with van der Waals surface area (Å²) in [5.74, 6) is -0.342. The van der Waals surface area contributed by atoms with Crippen LogP contribution < -0.4 is 5.32 Å². The van der Waals surface area contributed by atoms with E-state index in [1.807, 2.05) is 18.2 Å². The molecular weight excluding hydrogens is 416 g/mol. The Kier molecular flexibility index (Phi) is 5.35. The predicted octanol–water partition coefficient (Wildman–Crippen LogP) is 3.67. The van der Waals surface area contributed by atoms with Gasteiger partial charge in [0.2, 0.25) is 10.0 Å². The van der Waals surface area contributed by atoms with Crippen molar-refractivity contribution in [3.63, 3.8) is 0 Å². The van der Waals surface area contributed by atoms with Crippen LogP contribution in [0.2, 0.25) is 5.02 Å². The highest BCUT2D eigenvalue weighted by molar-refractivity contribution is 7.89. The van der Waals surface area contributed by atoms with Crippen LogP contribution in [0.15, 0.2) is 51.8 Å². The molecule has 0 radical (unpaired) electrons. The predicted molar refractivity (Wildman–Crippen MR) is 110 cm³/mol. The molecule has 0 saturated carbocycles. The van der Waals surface area contributed by atoms with Crippen molar-refractivity contribution in [1.29, 1.82) is 0 Å². The average molecular weight is 435 g/mol. The monoisotopic (exact) mass is 434 g/mol. The van der Waals surface area contributed by atoms with Crippen molar-refractivity contribution in [2.45, 2.75) is 11.8 Å². The molecule has 4 rings (SSSR count). The van der Waals surface area contributed by atoms with Gasteiger partial charge in [-0.3, -0.25) is 4.79 Å². The molecule has 2 heterocycles. The van der Waals surface area contributed by atoms with E-state index in [-0.39, 0.29) is 34.5 Å². The van der Waals surface area contributed by atoms with Crippen LogP contribution in [-0.4, -0.2) is 44.9 Å². The molecule has 0 atom stereocenters. The Labute approximate surface area is 173 Å². The first kappa shape index (κ1) is 19.9. The largest absolute Gasteiger partial charge is 0.451 e. The fourth-order valence-electron chi connectivity index (χ4n) is 3.27. The van der Waals surface area contributed by atoms with E-state index in [1.165, 1.54) is 22.5 Å². The minimum absolute atomic E-state index is 0.0560. The normalized spacial score (nSPS) is 15.5. The number of hydrogen-bond acceptors (Lipinski definition) is 5. The van der Waals surface area contributed by atoms with Gasteiger partial charge in [-0.05, 0) is 31.2 Å². The van der Waals surface area contributed by atoms with E-state index in [9.17, 15) is 13.2 Å². The Balaban J connectivity index is 1.64. The highest BCUT2D eigenvalue weighted by Crippen LogP contribution is 2.30. The second kappa shape index (κ2) is 7.79. The van der Waals surface area contributed by atoms with E-state index in [1.54, 1.807) is 13.0 Å². The Bertz CT molecular complexity index is 1180. The van der Waals surface area contributed by atoms with Crippen molar-refractivity contribution in [3.8, 4) is 0 Å². The number of halogens is 1.